The monoisotopic (exact) mass is 270 g/mol. The van der Waals surface area contributed by atoms with E-state index < -0.39 is 0 Å². The van der Waals surface area contributed by atoms with Gasteiger partial charge in [-0.2, -0.15) is 10.2 Å². The van der Waals surface area contributed by atoms with Crippen molar-refractivity contribution in [3.63, 3.8) is 0 Å². The predicted octanol–water partition coefficient (Wildman–Crippen LogP) is 1.55. The van der Waals surface area contributed by atoms with Crippen LogP contribution in [0.15, 0.2) is 37.2 Å². The molecule has 0 saturated carbocycles. The molecule has 0 radical (unpaired) electrons. The van der Waals surface area contributed by atoms with Gasteiger partial charge in [0.1, 0.15) is 0 Å². The van der Waals surface area contributed by atoms with Gasteiger partial charge in [-0.05, 0) is 13.0 Å². The van der Waals surface area contributed by atoms with Crippen LogP contribution in [0.25, 0.3) is 5.52 Å². The van der Waals surface area contributed by atoms with E-state index in [9.17, 15) is 0 Å². The average molecular weight is 270 g/mol. The fourth-order valence-corrected chi connectivity index (χ4v) is 2.36. The second-order valence-electron chi connectivity index (χ2n) is 4.84. The van der Waals surface area contributed by atoms with Crippen molar-refractivity contribution in [1.29, 1.82) is 0 Å². The summed E-state index contributed by atoms with van der Waals surface area (Å²) in [6.45, 7) is 3.10. The standard InChI is InChI=1S/C14H18N6/c1-3-4-16-14(11-7-17-19(2)10-11)12-8-18-20-6-5-15-9-13(12)20/h5-10,14,16H,3-4H2,1-2H3. The molecule has 0 amide bonds. The maximum atomic E-state index is 4.39. The summed E-state index contributed by atoms with van der Waals surface area (Å²) in [6.07, 6.45) is 12.4. The molecule has 1 N–H and O–H groups in total. The second kappa shape index (κ2) is 5.42. The molecule has 0 spiro atoms. The number of aryl methyl sites for hydroxylation is 1. The smallest absolute Gasteiger partial charge is 0.0896 e. The molecule has 1 atom stereocenters. The first-order chi connectivity index (χ1) is 9.79. The highest BCUT2D eigenvalue weighted by atomic mass is 15.2. The van der Waals surface area contributed by atoms with E-state index >= 15 is 0 Å². The van der Waals surface area contributed by atoms with Crippen molar-refractivity contribution in [3.05, 3.63) is 48.3 Å². The molecule has 6 nitrogen and oxygen atoms in total. The van der Waals surface area contributed by atoms with Crippen LogP contribution in [0, 0.1) is 0 Å². The highest BCUT2D eigenvalue weighted by Crippen LogP contribution is 2.25. The van der Waals surface area contributed by atoms with Crippen molar-refractivity contribution in [2.45, 2.75) is 19.4 Å². The third-order valence-corrected chi connectivity index (χ3v) is 3.32. The zero-order chi connectivity index (χ0) is 13.9. The van der Waals surface area contributed by atoms with Crippen LogP contribution in [0.4, 0.5) is 0 Å². The average Bonchev–Trinajstić information content (AvgIpc) is 3.07. The first-order valence-corrected chi connectivity index (χ1v) is 6.78. The molecular formula is C14H18N6. The van der Waals surface area contributed by atoms with Crippen LogP contribution in [0.2, 0.25) is 0 Å². The normalized spacial score (nSPS) is 12.9. The number of fused-ring (bicyclic) bond motifs is 1. The number of nitrogens with zero attached hydrogens (tertiary/aromatic N) is 5. The lowest BCUT2D eigenvalue weighted by molar-refractivity contribution is 0.600. The van der Waals surface area contributed by atoms with E-state index in [0.717, 1.165) is 29.6 Å². The molecule has 0 aromatic carbocycles. The quantitative estimate of drug-likeness (QED) is 0.764. The number of rotatable bonds is 5. The first kappa shape index (κ1) is 12.8. The lowest BCUT2D eigenvalue weighted by Crippen LogP contribution is -2.22. The minimum Gasteiger partial charge on any atom is -0.306 e. The van der Waals surface area contributed by atoms with Crippen molar-refractivity contribution in [2.75, 3.05) is 6.54 Å². The van der Waals surface area contributed by atoms with Gasteiger partial charge in [0, 0.05) is 36.8 Å². The zero-order valence-corrected chi connectivity index (χ0v) is 11.7. The Morgan fingerprint density at radius 1 is 1.25 bits per heavy atom. The molecule has 20 heavy (non-hydrogen) atoms. The van der Waals surface area contributed by atoms with E-state index in [4.69, 9.17) is 0 Å². The number of hydrogen-bond acceptors (Lipinski definition) is 4. The van der Waals surface area contributed by atoms with E-state index in [0.29, 0.717) is 0 Å². The van der Waals surface area contributed by atoms with Gasteiger partial charge in [-0.3, -0.25) is 9.67 Å². The van der Waals surface area contributed by atoms with Crippen LogP contribution in [-0.2, 0) is 7.05 Å². The van der Waals surface area contributed by atoms with Gasteiger partial charge in [-0.15, -0.1) is 0 Å². The molecule has 0 aliphatic rings. The van der Waals surface area contributed by atoms with Crippen molar-refractivity contribution in [3.8, 4) is 0 Å². The first-order valence-electron chi connectivity index (χ1n) is 6.78. The number of aromatic nitrogens is 5. The molecular weight excluding hydrogens is 252 g/mol. The Morgan fingerprint density at radius 3 is 2.90 bits per heavy atom. The summed E-state index contributed by atoms with van der Waals surface area (Å²) in [6, 6.07) is 0.0883. The van der Waals surface area contributed by atoms with Crippen LogP contribution >= 0.6 is 0 Å². The predicted molar refractivity (Wildman–Crippen MR) is 76.3 cm³/mol. The Labute approximate surface area is 117 Å². The Kier molecular flexibility index (Phi) is 3.47. The zero-order valence-electron chi connectivity index (χ0n) is 11.7. The molecule has 104 valence electrons. The van der Waals surface area contributed by atoms with Crippen LogP contribution in [0.1, 0.15) is 30.5 Å². The van der Waals surface area contributed by atoms with Gasteiger partial charge < -0.3 is 5.32 Å². The minimum atomic E-state index is 0.0883. The van der Waals surface area contributed by atoms with Gasteiger partial charge in [0.05, 0.1) is 30.1 Å². The van der Waals surface area contributed by atoms with Crippen LogP contribution < -0.4 is 5.32 Å². The Morgan fingerprint density at radius 2 is 2.15 bits per heavy atom. The summed E-state index contributed by atoms with van der Waals surface area (Å²) in [5.41, 5.74) is 3.28. The Bertz CT molecular complexity index is 698. The summed E-state index contributed by atoms with van der Waals surface area (Å²) < 4.78 is 3.67. The lowest BCUT2D eigenvalue weighted by atomic mass is 10.0. The molecule has 0 aliphatic heterocycles. The van der Waals surface area contributed by atoms with Crippen molar-refractivity contribution < 1.29 is 0 Å². The lowest BCUT2D eigenvalue weighted by Gasteiger charge is -2.16. The summed E-state index contributed by atoms with van der Waals surface area (Å²) in [5.74, 6) is 0. The largest absolute Gasteiger partial charge is 0.306 e. The van der Waals surface area contributed by atoms with E-state index in [-0.39, 0.29) is 6.04 Å². The van der Waals surface area contributed by atoms with Crippen LogP contribution in [0.5, 0.6) is 0 Å². The second-order valence-corrected chi connectivity index (χ2v) is 4.84. The summed E-state index contributed by atoms with van der Waals surface area (Å²) >= 11 is 0. The third kappa shape index (κ3) is 2.30. The SMILES string of the molecule is CCCNC(c1cnn(C)c1)c1cnn2ccncc12. The Balaban J connectivity index is 2.04. The summed E-state index contributed by atoms with van der Waals surface area (Å²) in [4.78, 5) is 4.20. The molecule has 0 fully saturated rings. The van der Waals surface area contributed by atoms with E-state index in [1.165, 1.54) is 0 Å². The maximum absolute atomic E-state index is 4.39. The highest BCUT2D eigenvalue weighted by molar-refractivity contribution is 5.55. The van der Waals surface area contributed by atoms with Crippen LogP contribution in [0.3, 0.4) is 0 Å². The van der Waals surface area contributed by atoms with Gasteiger partial charge in [-0.25, -0.2) is 4.52 Å². The molecule has 3 aromatic heterocycles. The van der Waals surface area contributed by atoms with E-state index in [2.05, 4.69) is 27.4 Å². The van der Waals surface area contributed by atoms with Gasteiger partial charge in [-0.1, -0.05) is 6.92 Å². The molecule has 6 heteroatoms. The molecule has 0 aliphatic carbocycles. The number of hydrogen-bond donors (Lipinski definition) is 1. The Hall–Kier alpha value is -2.21. The molecule has 0 saturated heterocycles. The highest BCUT2D eigenvalue weighted by Gasteiger charge is 2.19. The van der Waals surface area contributed by atoms with E-state index in [1.807, 2.05) is 47.2 Å². The molecule has 1 unspecified atom stereocenters. The fourth-order valence-electron chi connectivity index (χ4n) is 2.36. The molecule has 3 aromatic rings. The summed E-state index contributed by atoms with van der Waals surface area (Å²) in [7, 11) is 1.93. The van der Waals surface area contributed by atoms with E-state index in [1.54, 1.807) is 6.20 Å². The van der Waals surface area contributed by atoms with Crippen molar-refractivity contribution in [1.82, 2.24) is 29.7 Å². The minimum absolute atomic E-state index is 0.0883. The molecule has 3 rings (SSSR count). The fraction of sp³-hybridized carbons (Fsp3) is 0.357. The van der Waals surface area contributed by atoms with Crippen LogP contribution in [-0.4, -0.2) is 30.9 Å². The number of nitrogens with one attached hydrogen (secondary N) is 1. The van der Waals surface area contributed by atoms with Gasteiger partial charge in [0.25, 0.3) is 0 Å². The van der Waals surface area contributed by atoms with Gasteiger partial charge in [0.15, 0.2) is 0 Å². The summed E-state index contributed by atoms with van der Waals surface area (Å²) in [5, 5.41) is 12.2. The van der Waals surface area contributed by atoms with Crippen molar-refractivity contribution in [2.24, 2.45) is 7.05 Å². The molecule has 3 heterocycles. The molecule has 0 bridgehead atoms. The van der Waals surface area contributed by atoms with Gasteiger partial charge in [0.2, 0.25) is 0 Å². The van der Waals surface area contributed by atoms with Crippen molar-refractivity contribution >= 4 is 5.52 Å². The maximum Gasteiger partial charge on any atom is 0.0896 e. The topological polar surface area (TPSA) is 60.0 Å². The van der Waals surface area contributed by atoms with Gasteiger partial charge >= 0.3 is 0 Å². The third-order valence-electron chi connectivity index (χ3n) is 3.32.